The lowest BCUT2D eigenvalue weighted by molar-refractivity contribution is -0.118. The van der Waals surface area contributed by atoms with Gasteiger partial charge in [0.05, 0.1) is 18.9 Å². The van der Waals surface area contributed by atoms with E-state index in [-0.39, 0.29) is 11.7 Å². The zero-order valence-corrected chi connectivity index (χ0v) is 9.59. The SMILES string of the molecule is COC1=CC(=O)[C@@H](C#N)[C@H](c2ccccc2)C1. The minimum absolute atomic E-state index is 0.103. The first-order valence-corrected chi connectivity index (χ1v) is 5.49. The van der Waals surface area contributed by atoms with Gasteiger partial charge in [-0.2, -0.15) is 5.26 Å². The van der Waals surface area contributed by atoms with Gasteiger partial charge in [-0.3, -0.25) is 4.79 Å². The van der Waals surface area contributed by atoms with Crippen LogP contribution in [0.5, 0.6) is 0 Å². The fourth-order valence-electron chi connectivity index (χ4n) is 2.15. The zero-order chi connectivity index (χ0) is 12.3. The van der Waals surface area contributed by atoms with Crippen LogP contribution in [0, 0.1) is 17.2 Å². The molecule has 2 rings (SSSR count). The first-order chi connectivity index (χ1) is 8.26. The maximum absolute atomic E-state index is 11.8. The summed E-state index contributed by atoms with van der Waals surface area (Å²) in [4.78, 5) is 11.8. The molecule has 0 saturated carbocycles. The molecule has 0 aromatic heterocycles. The van der Waals surface area contributed by atoms with Crippen molar-refractivity contribution < 1.29 is 9.53 Å². The summed E-state index contributed by atoms with van der Waals surface area (Å²) in [6.07, 6.45) is 2.04. The smallest absolute Gasteiger partial charge is 0.176 e. The standard InChI is InChI=1S/C14H13NO2/c1-17-11-7-12(10-5-3-2-4-6-10)13(9-15)14(16)8-11/h2-6,8,12-13H,7H2,1H3/t12-,13-/m0/s1. The second kappa shape index (κ2) is 4.84. The molecule has 0 aliphatic heterocycles. The summed E-state index contributed by atoms with van der Waals surface area (Å²) in [6, 6.07) is 11.7. The van der Waals surface area contributed by atoms with Gasteiger partial charge in [0, 0.05) is 18.4 Å². The number of benzene rings is 1. The number of hydrogen-bond donors (Lipinski definition) is 0. The molecule has 0 N–H and O–H groups in total. The van der Waals surface area contributed by atoms with E-state index in [1.807, 2.05) is 30.3 Å². The molecule has 0 unspecified atom stereocenters. The Balaban J connectivity index is 2.37. The highest BCUT2D eigenvalue weighted by atomic mass is 16.5. The van der Waals surface area contributed by atoms with Crippen molar-refractivity contribution in [3.05, 3.63) is 47.7 Å². The highest BCUT2D eigenvalue weighted by Crippen LogP contribution is 2.35. The Morgan fingerprint density at radius 1 is 1.35 bits per heavy atom. The van der Waals surface area contributed by atoms with E-state index in [1.165, 1.54) is 6.08 Å². The molecule has 2 atom stereocenters. The number of nitriles is 1. The molecule has 0 spiro atoms. The second-order valence-electron chi connectivity index (χ2n) is 4.05. The predicted molar refractivity (Wildman–Crippen MR) is 63.0 cm³/mol. The van der Waals surface area contributed by atoms with E-state index in [1.54, 1.807) is 7.11 Å². The lowest BCUT2D eigenvalue weighted by Gasteiger charge is -2.25. The number of hydrogen-bond acceptors (Lipinski definition) is 3. The molecule has 0 heterocycles. The Kier molecular flexibility index (Phi) is 3.24. The molecule has 0 bridgehead atoms. The van der Waals surface area contributed by atoms with E-state index in [9.17, 15) is 4.79 Å². The van der Waals surface area contributed by atoms with Gasteiger partial charge < -0.3 is 4.74 Å². The molecular formula is C14H13NO2. The number of carbonyl (C=O) groups excluding carboxylic acids is 1. The molecule has 0 amide bonds. The van der Waals surface area contributed by atoms with E-state index >= 15 is 0 Å². The van der Waals surface area contributed by atoms with Crippen LogP contribution in [0.2, 0.25) is 0 Å². The third kappa shape index (κ3) is 2.21. The summed E-state index contributed by atoms with van der Waals surface area (Å²) in [7, 11) is 1.55. The molecule has 3 heteroatoms. The van der Waals surface area contributed by atoms with E-state index < -0.39 is 5.92 Å². The number of methoxy groups -OCH3 is 1. The first kappa shape index (κ1) is 11.4. The third-order valence-corrected chi connectivity index (χ3v) is 3.06. The highest BCUT2D eigenvalue weighted by molar-refractivity contribution is 5.95. The average molecular weight is 227 g/mol. The van der Waals surface area contributed by atoms with Gasteiger partial charge in [0.15, 0.2) is 5.78 Å². The van der Waals surface area contributed by atoms with Crippen molar-refractivity contribution in [1.29, 1.82) is 5.26 Å². The predicted octanol–water partition coefficient (Wildman–Crippen LogP) is 2.41. The van der Waals surface area contributed by atoms with E-state index in [2.05, 4.69) is 6.07 Å². The van der Waals surface area contributed by atoms with Crippen molar-refractivity contribution in [1.82, 2.24) is 0 Å². The van der Waals surface area contributed by atoms with Crippen LogP contribution in [-0.2, 0) is 9.53 Å². The van der Waals surface area contributed by atoms with Gasteiger partial charge in [0.25, 0.3) is 0 Å². The Labute approximate surface area is 100 Å². The maximum Gasteiger partial charge on any atom is 0.176 e. The van der Waals surface area contributed by atoms with E-state index in [4.69, 9.17) is 10.00 Å². The van der Waals surface area contributed by atoms with Crippen molar-refractivity contribution in [3.8, 4) is 6.07 Å². The Hall–Kier alpha value is -2.08. The topological polar surface area (TPSA) is 50.1 Å². The number of rotatable bonds is 2. The lowest BCUT2D eigenvalue weighted by Crippen LogP contribution is -2.25. The summed E-state index contributed by atoms with van der Waals surface area (Å²) in [5, 5.41) is 9.11. The Bertz CT molecular complexity index is 485. The molecular weight excluding hydrogens is 214 g/mol. The van der Waals surface area contributed by atoms with Crippen molar-refractivity contribution >= 4 is 5.78 Å². The fraction of sp³-hybridized carbons (Fsp3) is 0.286. The van der Waals surface area contributed by atoms with Crippen molar-refractivity contribution in [2.45, 2.75) is 12.3 Å². The molecule has 1 aromatic rings. The minimum atomic E-state index is -0.601. The largest absolute Gasteiger partial charge is 0.501 e. The number of ketones is 1. The summed E-state index contributed by atoms with van der Waals surface area (Å²) in [5.74, 6) is -0.218. The summed E-state index contributed by atoms with van der Waals surface area (Å²) in [6.45, 7) is 0. The second-order valence-corrected chi connectivity index (χ2v) is 4.05. The van der Waals surface area contributed by atoms with Crippen molar-refractivity contribution in [2.75, 3.05) is 7.11 Å². The van der Waals surface area contributed by atoms with E-state index in [0.29, 0.717) is 12.2 Å². The quantitative estimate of drug-likeness (QED) is 0.779. The average Bonchev–Trinajstić information content (AvgIpc) is 2.38. The van der Waals surface area contributed by atoms with Gasteiger partial charge in [-0.05, 0) is 5.56 Å². The lowest BCUT2D eigenvalue weighted by atomic mass is 9.78. The molecule has 17 heavy (non-hydrogen) atoms. The summed E-state index contributed by atoms with van der Waals surface area (Å²) in [5.41, 5.74) is 1.01. The van der Waals surface area contributed by atoms with Crippen molar-refractivity contribution in [2.24, 2.45) is 5.92 Å². The van der Waals surface area contributed by atoms with Crippen LogP contribution in [0.4, 0.5) is 0 Å². The third-order valence-electron chi connectivity index (χ3n) is 3.06. The Morgan fingerprint density at radius 3 is 2.65 bits per heavy atom. The molecule has 86 valence electrons. The molecule has 1 aromatic carbocycles. The first-order valence-electron chi connectivity index (χ1n) is 5.49. The van der Waals surface area contributed by atoms with Crippen LogP contribution in [-0.4, -0.2) is 12.9 Å². The highest BCUT2D eigenvalue weighted by Gasteiger charge is 2.33. The van der Waals surface area contributed by atoms with Gasteiger partial charge in [-0.25, -0.2) is 0 Å². The minimum Gasteiger partial charge on any atom is -0.501 e. The van der Waals surface area contributed by atoms with E-state index in [0.717, 1.165) is 5.56 Å². The number of carbonyl (C=O) groups is 1. The number of allylic oxidation sites excluding steroid dienone is 2. The fourth-order valence-corrected chi connectivity index (χ4v) is 2.15. The zero-order valence-electron chi connectivity index (χ0n) is 9.59. The monoisotopic (exact) mass is 227 g/mol. The van der Waals surface area contributed by atoms with Crippen LogP contribution in [0.25, 0.3) is 0 Å². The molecule has 1 aliphatic carbocycles. The molecule has 3 nitrogen and oxygen atoms in total. The van der Waals surface area contributed by atoms with Gasteiger partial charge in [0.1, 0.15) is 5.92 Å². The van der Waals surface area contributed by atoms with Crippen molar-refractivity contribution in [3.63, 3.8) is 0 Å². The van der Waals surface area contributed by atoms with Crippen LogP contribution < -0.4 is 0 Å². The maximum atomic E-state index is 11.8. The van der Waals surface area contributed by atoms with Gasteiger partial charge in [-0.1, -0.05) is 30.3 Å². The Morgan fingerprint density at radius 2 is 2.06 bits per heavy atom. The molecule has 0 fully saturated rings. The molecule has 0 radical (unpaired) electrons. The van der Waals surface area contributed by atoms with Gasteiger partial charge in [0.2, 0.25) is 0 Å². The van der Waals surface area contributed by atoms with Gasteiger partial charge >= 0.3 is 0 Å². The van der Waals surface area contributed by atoms with Crippen LogP contribution in [0.1, 0.15) is 17.9 Å². The molecule has 1 aliphatic rings. The summed E-state index contributed by atoms with van der Waals surface area (Å²) >= 11 is 0. The number of ether oxygens (including phenoxy) is 1. The number of nitrogens with zero attached hydrogens (tertiary/aromatic N) is 1. The van der Waals surface area contributed by atoms with Crippen LogP contribution >= 0.6 is 0 Å². The van der Waals surface area contributed by atoms with Crippen LogP contribution in [0.3, 0.4) is 0 Å². The van der Waals surface area contributed by atoms with Crippen LogP contribution in [0.15, 0.2) is 42.2 Å². The normalized spacial score (nSPS) is 23.8. The van der Waals surface area contributed by atoms with Gasteiger partial charge in [-0.15, -0.1) is 0 Å². The molecule has 0 saturated heterocycles. The summed E-state index contributed by atoms with van der Waals surface area (Å²) < 4.78 is 5.14.